The average molecular weight is 532 g/mol. The maximum atomic E-state index is 6.22. The summed E-state index contributed by atoms with van der Waals surface area (Å²) in [6, 6.07) is 20.5. The highest BCUT2D eigenvalue weighted by Crippen LogP contribution is 2.24. The molecule has 3 aromatic carbocycles. The van der Waals surface area contributed by atoms with E-state index in [1.165, 1.54) is 6.33 Å². The fourth-order valence-electron chi connectivity index (χ4n) is 2.81. The summed E-state index contributed by atoms with van der Waals surface area (Å²) in [5, 5.41) is 9.60. The lowest BCUT2D eigenvalue weighted by Gasteiger charge is -2.10. The molecule has 0 radical (unpaired) electrons. The molecule has 0 saturated heterocycles. The monoisotopic (exact) mass is 530 g/mol. The Labute approximate surface area is 203 Å². The first kappa shape index (κ1) is 22.3. The van der Waals surface area contributed by atoms with Crippen LogP contribution in [0.1, 0.15) is 11.1 Å². The number of benzene rings is 3. The minimum absolute atomic E-state index is 0.210. The summed E-state index contributed by atoms with van der Waals surface area (Å²) in [6.07, 6.45) is 3.09. The average Bonchev–Trinajstić information content (AvgIpc) is 3.30. The number of nitrogens with zero attached hydrogens (tertiary/aromatic N) is 4. The van der Waals surface area contributed by atoms with E-state index in [9.17, 15) is 0 Å². The number of oxime groups is 1. The van der Waals surface area contributed by atoms with Gasteiger partial charge in [0.25, 0.3) is 0 Å². The third kappa shape index (κ3) is 6.09. The van der Waals surface area contributed by atoms with E-state index in [1.807, 2.05) is 54.6 Å². The summed E-state index contributed by atoms with van der Waals surface area (Å²) < 4.78 is 8.56. The second-order valence-corrected chi connectivity index (χ2v) is 8.48. The van der Waals surface area contributed by atoms with Gasteiger partial charge < -0.3 is 9.57 Å². The molecule has 4 rings (SSSR count). The van der Waals surface area contributed by atoms with Crippen LogP contribution in [0, 0.1) is 0 Å². The molecule has 0 aliphatic heterocycles. The van der Waals surface area contributed by atoms with Crippen molar-refractivity contribution < 1.29 is 9.57 Å². The van der Waals surface area contributed by atoms with Crippen LogP contribution in [0.3, 0.4) is 0 Å². The Bertz CT molecular complexity index is 1200. The fraction of sp³-hybridized carbons (Fsp3) is 0.0870. The van der Waals surface area contributed by atoms with Crippen molar-refractivity contribution in [2.75, 3.05) is 0 Å². The number of hydrogen-bond donors (Lipinski definition) is 0. The van der Waals surface area contributed by atoms with Crippen molar-refractivity contribution in [1.82, 2.24) is 14.8 Å². The number of ether oxygens (including phenoxy) is 1. The van der Waals surface area contributed by atoms with Crippen LogP contribution in [-0.2, 0) is 18.0 Å². The third-order valence-electron chi connectivity index (χ3n) is 4.43. The summed E-state index contributed by atoms with van der Waals surface area (Å²) in [5.74, 6) is 1.46. The second kappa shape index (κ2) is 10.6. The summed E-state index contributed by atoms with van der Waals surface area (Å²) >= 11 is 15.6. The van der Waals surface area contributed by atoms with E-state index >= 15 is 0 Å². The predicted octanol–water partition coefficient (Wildman–Crippen LogP) is 6.76. The van der Waals surface area contributed by atoms with Crippen LogP contribution in [0.2, 0.25) is 10.0 Å². The zero-order valence-corrected chi connectivity index (χ0v) is 19.8. The molecule has 32 heavy (non-hydrogen) atoms. The van der Waals surface area contributed by atoms with Crippen LogP contribution in [0.5, 0.6) is 11.5 Å². The van der Waals surface area contributed by atoms with Gasteiger partial charge in [-0.1, -0.05) is 50.4 Å². The first-order valence-electron chi connectivity index (χ1n) is 9.56. The molecule has 0 N–H and O–H groups in total. The van der Waals surface area contributed by atoms with Crippen LogP contribution in [0.25, 0.3) is 0 Å². The van der Waals surface area contributed by atoms with Crippen LogP contribution in [0.15, 0.2) is 89.0 Å². The largest absolute Gasteiger partial charge is 0.457 e. The summed E-state index contributed by atoms with van der Waals surface area (Å²) in [6.45, 7) is 0.600. The molecule has 0 amide bonds. The van der Waals surface area contributed by atoms with Gasteiger partial charge in [0.2, 0.25) is 0 Å². The molecule has 0 aliphatic carbocycles. The molecule has 0 spiro atoms. The van der Waals surface area contributed by atoms with Crippen molar-refractivity contribution in [3.8, 4) is 11.5 Å². The molecule has 9 heteroatoms. The standard InChI is InChI=1S/C23H17BrCl2N4O2/c24-18-4-9-21(10-5-18)32-20-7-2-16(3-8-20)23(12-30-15-27-14-28-30)29-31-13-17-1-6-19(25)11-22(17)26/h1-11,14-15H,12-13H2. The van der Waals surface area contributed by atoms with Gasteiger partial charge in [0.15, 0.2) is 0 Å². The predicted molar refractivity (Wildman–Crippen MR) is 128 cm³/mol. The summed E-state index contributed by atoms with van der Waals surface area (Å²) in [4.78, 5) is 9.59. The van der Waals surface area contributed by atoms with Gasteiger partial charge >= 0.3 is 0 Å². The number of halogens is 3. The van der Waals surface area contributed by atoms with Gasteiger partial charge in [-0.25, -0.2) is 9.67 Å². The van der Waals surface area contributed by atoms with Gasteiger partial charge in [-0.3, -0.25) is 0 Å². The lowest BCUT2D eigenvalue weighted by molar-refractivity contribution is 0.130. The zero-order chi connectivity index (χ0) is 22.3. The molecule has 0 aliphatic rings. The molecular formula is C23H17BrCl2N4O2. The van der Waals surface area contributed by atoms with Gasteiger partial charge in [0.1, 0.15) is 36.5 Å². The van der Waals surface area contributed by atoms with Crippen LogP contribution < -0.4 is 4.74 Å². The molecule has 1 aromatic heterocycles. The molecule has 1 heterocycles. The number of rotatable bonds is 8. The Kier molecular flexibility index (Phi) is 7.42. The van der Waals surface area contributed by atoms with Crippen LogP contribution >= 0.6 is 39.1 Å². The molecule has 4 aromatic rings. The van der Waals surface area contributed by atoms with E-state index in [0.717, 1.165) is 21.3 Å². The molecule has 0 unspecified atom stereocenters. The van der Waals surface area contributed by atoms with E-state index in [1.54, 1.807) is 23.1 Å². The highest BCUT2D eigenvalue weighted by atomic mass is 79.9. The molecule has 0 saturated carbocycles. The van der Waals surface area contributed by atoms with Gasteiger partial charge in [0, 0.05) is 25.6 Å². The van der Waals surface area contributed by atoms with Crippen molar-refractivity contribution in [3.63, 3.8) is 0 Å². The molecular weight excluding hydrogens is 515 g/mol. The lowest BCUT2D eigenvalue weighted by atomic mass is 10.1. The SMILES string of the molecule is Clc1ccc(CON=C(Cn2cncn2)c2ccc(Oc3ccc(Br)cc3)cc2)c(Cl)c1. The molecule has 0 bridgehead atoms. The van der Waals surface area contributed by atoms with E-state index in [-0.39, 0.29) is 6.61 Å². The summed E-state index contributed by atoms with van der Waals surface area (Å²) in [5.41, 5.74) is 2.33. The number of hydrogen-bond acceptors (Lipinski definition) is 5. The van der Waals surface area contributed by atoms with Gasteiger partial charge in [-0.15, -0.1) is 0 Å². The van der Waals surface area contributed by atoms with E-state index < -0.39 is 0 Å². The molecule has 6 nitrogen and oxygen atoms in total. The lowest BCUT2D eigenvalue weighted by Crippen LogP contribution is -2.13. The van der Waals surface area contributed by atoms with Gasteiger partial charge in [-0.2, -0.15) is 5.10 Å². The van der Waals surface area contributed by atoms with E-state index in [0.29, 0.717) is 28.1 Å². The smallest absolute Gasteiger partial charge is 0.143 e. The quantitative estimate of drug-likeness (QED) is 0.186. The highest BCUT2D eigenvalue weighted by molar-refractivity contribution is 9.10. The Morgan fingerprint density at radius 1 is 0.969 bits per heavy atom. The van der Waals surface area contributed by atoms with E-state index in [4.69, 9.17) is 32.8 Å². The minimum Gasteiger partial charge on any atom is -0.457 e. The fourth-order valence-corrected chi connectivity index (χ4v) is 3.54. The van der Waals surface area contributed by atoms with Crippen LogP contribution in [0.4, 0.5) is 0 Å². The molecule has 0 fully saturated rings. The van der Waals surface area contributed by atoms with Crippen molar-refractivity contribution in [2.45, 2.75) is 13.2 Å². The second-order valence-electron chi connectivity index (χ2n) is 6.72. The van der Waals surface area contributed by atoms with Crippen molar-refractivity contribution in [1.29, 1.82) is 0 Å². The Morgan fingerprint density at radius 3 is 2.34 bits per heavy atom. The van der Waals surface area contributed by atoms with Gasteiger partial charge in [0.05, 0.1) is 6.54 Å². The zero-order valence-electron chi connectivity index (χ0n) is 16.7. The maximum absolute atomic E-state index is 6.22. The third-order valence-corrected chi connectivity index (χ3v) is 5.54. The Hall–Kier alpha value is -2.87. The van der Waals surface area contributed by atoms with Gasteiger partial charge in [-0.05, 0) is 60.7 Å². The van der Waals surface area contributed by atoms with E-state index in [2.05, 4.69) is 31.2 Å². The maximum Gasteiger partial charge on any atom is 0.143 e. The Balaban J connectivity index is 1.50. The highest BCUT2D eigenvalue weighted by Gasteiger charge is 2.09. The molecule has 162 valence electrons. The van der Waals surface area contributed by atoms with Crippen molar-refractivity contribution >= 4 is 44.8 Å². The Morgan fingerprint density at radius 2 is 1.69 bits per heavy atom. The summed E-state index contributed by atoms with van der Waals surface area (Å²) in [7, 11) is 0. The first-order valence-corrected chi connectivity index (χ1v) is 11.1. The van der Waals surface area contributed by atoms with Crippen molar-refractivity contribution in [2.24, 2.45) is 5.16 Å². The minimum atomic E-state index is 0.210. The topological polar surface area (TPSA) is 61.5 Å². The number of aromatic nitrogens is 3. The van der Waals surface area contributed by atoms with Crippen LogP contribution in [-0.4, -0.2) is 20.5 Å². The van der Waals surface area contributed by atoms with Crippen molar-refractivity contribution in [3.05, 3.63) is 105 Å². The normalized spacial score (nSPS) is 11.4. The molecule has 0 atom stereocenters. The first-order chi connectivity index (χ1) is 15.6.